The van der Waals surface area contributed by atoms with E-state index in [1.165, 1.54) is 0 Å². The number of nitrogen functional groups attached to an aromatic ring is 1. The van der Waals surface area contributed by atoms with Gasteiger partial charge in [-0.1, -0.05) is 13.0 Å². The van der Waals surface area contributed by atoms with Gasteiger partial charge in [0.05, 0.1) is 13.1 Å². The summed E-state index contributed by atoms with van der Waals surface area (Å²) in [5, 5.41) is 5.36. The number of hydrogen-bond acceptors (Lipinski definition) is 4. The molecule has 0 aliphatic heterocycles. The van der Waals surface area contributed by atoms with Gasteiger partial charge in [0.25, 0.3) is 0 Å². The molecule has 0 spiro atoms. The first kappa shape index (κ1) is 16.0. The van der Waals surface area contributed by atoms with Crippen molar-refractivity contribution in [3.63, 3.8) is 0 Å². The molecule has 1 aromatic carbocycles. The Morgan fingerprint density at radius 1 is 1.25 bits per heavy atom. The van der Waals surface area contributed by atoms with E-state index in [4.69, 9.17) is 5.73 Å². The van der Waals surface area contributed by atoms with Crippen molar-refractivity contribution in [1.29, 1.82) is 0 Å². The summed E-state index contributed by atoms with van der Waals surface area (Å²) < 4.78 is 0. The number of rotatable bonds is 6. The number of nitrogens with one attached hydrogen (secondary N) is 2. The molecule has 1 aromatic rings. The van der Waals surface area contributed by atoms with Crippen LogP contribution < -0.4 is 16.4 Å². The van der Waals surface area contributed by atoms with E-state index in [-0.39, 0.29) is 24.9 Å². The van der Waals surface area contributed by atoms with E-state index in [0.29, 0.717) is 17.9 Å². The second kappa shape index (κ2) is 7.49. The van der Waals surface area contributed by atoms with Gasteiger partial charge in [-0.15, -0.1) is 0 Å². The highest BCUT2D eigenvalue weighted by molar-refractivity contribution is 5.94. The van der Waals surface area contributed by atoms with Crippen LogP contribution in [0.4, 0.5) is 11.4 Å². The number of benzene rings is 1. The van der Waals surface area contributed by atoms with E-state index >= 15 is 0 Å². The summed E-state index contributed by atoms with van der Waals surface area (Å²) in [6.07, 6.45) is 0. The number of carbonyl (C=O) groups is 2. The molecule has 20 heavy (non-hydrogen) atoms. The minimum Gasteiger partial charge on any atom is -0.398 e. The molecule has 0 aliphatic carbocycles. The molecule has 0 saturated heterocycles. The Kier molecular flexibility index (Phi) is 5.99. The molecule has 0 saturated carbocycles. The van der Waals surface area contributed by atoms with Crippen LogP contribution in [-0.2, 0) is 9.59 Å². The van der Waals surface area contributed by atoms with Gasteiger partial charge in [0, 0.05) is 18.4 Å². The number of hydrogen-bond donors (Lipinski definition) is 3. The van der Waals surface area contributed by atoms with Gasteiger partial charge in [-0.05, 0) is 31.2 Å². The van der Waals surface area contributed by atoms with Crippen LogP contribution >= 0.6 is 0 Å². The van der Waals surface area contributed by atoms with Gasteiger partial charge >= 0.3 is 0 Å². The second-order valence-electron chi connectivity index (χ2n) is 4.54. The summed E-state index contributed by atoms with van der Waals surface area (Å²) in [6, 6.07) is 5.38. The SMILES string of the molecule is CCN(CC(=O)NC)CC(=O)Nc1cccc(N)c1C. The fourth-order valence-electron chi connectivity index (χ4n) is 1.74. The van der Waals surface area contributed by atoms with Crippen molar-refractivity contribution in [3.8, 4) is 0 Å². The van der Waals surface area contributed by atoms with E-state index in [1.807, 2.05) is 13.8 Å². The van der Waals surface area contributed by atoms with Crippen molar-refractivity contribution >= 4 is 23.2 Å². The fraction of sp³-hybridized carbons (Fsp3) is 0.429. The van der Waals surface area contributed by atoms with Crippen LogP contribution in [0.5, 0.6) is 0 Å². The number of amides is 2. The smallest absolute Gasteiger partial charge is 0.238 e. The molecule has 0 fully saturated rings. The Hall–Kier alpha value is -2.08. The van der Waals surface area contributed by atoms with Crippen LogP contribution in [0, 0.1) is 6.92 Å². The molecule has 1 rings (SSSR count). The molecular weight excluding hydrogens is 256 g/mol. The Labute approximate surface area is 119 Å². The number of nitrogens with zero attached hydrogens (tertiary/aromatic N) is 1. The summed E-state index contributed by atoms with van der Waals surface area (Å²) >= 11 is 0. The van der Waals surface area contributed by atoms with Gasteiger partial charge in [0.2, 0.25) is 11.8 Å². The molecule has 2 amide bonds. The highest BCUT2D eigenvalue weighted by Gasteiger charge is 2.13. The van der Waals surface area contributed by atoms with Crippen molar-refractivity contribution in [3.05, 3.63) is 23.8 Å². The highest BCUT2D eigenvalue weighted by Crippen LogP contribution is 2.20. The predicted molar refractivity (Wildman–Crippen MR) is 80.4 cm³/mol. The van der Waals surface area contributed by atoms with Crippen molar-refractivity contribution < 1.29 is 9.59 Å². The average Bonchev–Trinajstić information content (AvgIpc) is 2.42. The van der Waals surface area contributed by atoms with Crippen molar-refractivity contribution in [1.82, 2.24) is 10.2 Å². The quantitative estimate of drug-likeness (QED) is 0.664. The monoisotopic (exact) mass is 278 g/mol. The lowest BCUT2D eigenvalue weighted by molar-refractivity contribution is -0.123. The van der Waals surface area contributed by atoms with Crippen LogP contribution in [0.3, 0.4) is 0 Å². The van der Waals surface area contributed by atoms with Crippen LogP contribution in [-0.4, -0.2) is 43.4 Å². The Balaban J connectivity index is 2.62. The molecule has 6 nitrogen and oxygen atoms in total. The summed E-state index contributed by atoms with van der Waals surface area (Å²) in [7, 11) is 1.58. The van der Waals surface area contributed by atoms with Crippen LogP contribution in [0.25, 0.3) is 0 Å². The topological polar surface area (TPSA) is 87.5 Å². The second-order valence-corrected chi connectivity index (χ2v) is 4.54. The van der Waals surface area contributed by atoms with E-state index in [9.17, 15) is 9.59 Å². The molecule has 0 bridgehead atoms. The first-order chi connectivity index (χ1) is 9.47. The third-order valence-corrected chi connectivity index (χ3v) is 3.11. The Bertz CT molecular complexity index is 488. The largest absolute Gasteiger partial charge is 0.398 e. The van der Waals surface area contributed by atoms with E-state index in [0.717, 1.165) is 5.56 Å². The molecule has 0 aliphatic rings. The zero-order valence-corrected chi connectivity index (χ0v) is 12.2. The maximum absolute atomic E-state index is 12.0. The van der Waals surface area contributed by atoms with E-state index < -0.39 is 0 Å². The van der Waals surface area contributed by atoms with Gasteiger partial charge in [-0.25, -0.2) is 0 Å². The summed E-state index contributed by atoms with van der Waals surface area (Å²) in [5.41, 5.74) is 7.98. The predicted octanol–water partition coefficient (Wildman–Crippen LogP) is 0.584. The molecule has 0 heterocycles. The lowest BCUT2D eigenvalue weighted by atomic mass is 10.1. The lowest BCUT2D eigenvalue weighted by Gasteiger charge is -2.19. The van der Waals surface area contributed by atoms with Gasteiger partial charge in [0.15, 0.2) is 0 Å². The van der Waals surface area contributed by atoms with Gasteiger partial charge in [-0.2, -0.15) is 0 Å². The first-order valence-electron chi connectivity index (χ1n) is 6.55. The standard InChI is InChI=1S/C14H22N4O2/c1-4-18(8-13(19)16-3)9-14(20)17-12-7-5-6-11(15)10(12)2/h5-7H,4,8-9,15H2,1-3H3,(H,16,19)(H,17,20). The zero-order chi connectivity index (χ0) is 15.1. The molecule has 0 aromatic heterocycles. The average molecular weight is 278 g/mol. The zero-order valence-electron chi connectivity index (χ0n) is 12.2. The number of nitrogens with two attached hydrogens (primary N) is 1. The lowest BCUT2D eigenvalue weighted by Crippen LogP contribution is -2.40. The van der Waals surface area contributed by atoms with Gasteiger partial charge in [-0.3, -0.25) is 14.5 Å². The first-order valence-corrected chi connectivity index (χ1v) is 6.55. The fourth-order valence-corrected chi connectivity index (χ4v) is 1.74. The normalized spacial score (nSPS) is 10.4. The molecule has 6 heteroatoms. The molecule has 0 atom stereocenters. The van der Waals surface area contributed by atoms with Crippen molar-refractivity contribution in [2.45, 2.75) is 13.8 Å². The molecular formula is C14H22N4O2. The number of carbonyl (C=O) groups excluding carboxylic acids is 2. The molecule has 0 unspecified atom stereocenters. The maximum Gasteiger partial charge on any atom is 0.238 e. The van der Waals surface area contributed by atoms with Crippen LogP contribution in [0.15, 0.2) is 18.2 Å². The maximum atomic E-state index is 12.0. The third-order valence-electron chi connectivity index (χ3n) is 3.11. The Morgan fingerprint density at radius 2 is 1.90 bits per heavy atom. The summed E-state index contributed by atoms with van der Waals surface area (Å²) in [5.74, 6) is -0.274. The van der Waals surface area contributed by atoms with E-state index in [1.54, 1.807) is 30.1 Å². The van der Waals surface area contributed by atoms with Crippen molar-refractivity contribution in [2.24, 2.45) is 0 Å². The number of likely N-dealkylation sites (N-methyl/N-ethyl adjacent to an activating group) is 2. The summed E-state index contributed by atoms with van der Waals surface area (Å²) in [4.78, 5) is 25.1. The van der Waals surface area contributed by atoms with Crippen LogP contribution in [0.1, 0.15) is 12.5 Å². The van der Waals surface area contributed by atoms with E-state index in [2.05, 4.69) is 10.6 Å². The molecule has 0 radical (unpaired) electrons. The number of anilines is 2. The minimum absolute atomic E-state index is 0.111. The van der Waals surface area contributed by atoms with Crippen LogP contribution in [0.2, 0.25) is 0 Å². The van der Waals surface area contributed by atoms with Gasteiger partial charge in [0.1, 0.15) is 0 Å². The summed E-state index contributed by atoms with van der Waals surface area (Å²) in [6.45, 7) is 4.75. The molecule has 110 valence electrons. The van der Waals surface area contributed by atoms with Crippen molar-refractivity contribution in [2.75, 3.05) is 37.7 Å². The minimum atomic E-state index is -0.163. The third kappa shape index (κ3) is 4.55. The highest BCUT2D eigenvalue weighted by atomic mass is 16.2. The molecule has 4 N–H and O–H groups in total. The Morgan fingerprint density at radius 3 is 2.50 bits per heavy atom. The van der Waals surface area contributed by atoms with Gasteiger partial charge < -0.3 is 16.4 Å².